The second-order valence-corrected chi connectivity index (χ2v) is 6.16. The summed E-state index contributed by atoms with van der Waals surface area (Å²) in [5.74, 6) is -1.08. The van der Waals surface area contributed by atoms with Gasteiger partial charge in [-0.15, -0.1) is 12.4 Å². The molecule has 1 rings (SSSR count). The molecule has 0 bridgehead atoms. The van der Waals surface area contributed by atoms with Crippen LogP contribution in [-0.4, -0.2) is 25.2 Å². The van der Waals surface area contributed by atoms with Gasteiger partial charge < -0.3 is 11.1 Å². The largest absolute Gasteiger partial charge is 0.391 e. The summed E-state index contributed by atoms with van der Waals surface area (Å²) in [6.45, 7) is 4.63. The molecule has 0 aliphatic heterocycles. The molecule has 1 saturated carbocycles. The van der Waals surface area contributed by atoms with Gasteiger partial charge >= 0.3 is 6.18 Å². The molecule has 3 nitrogen and oxygen atoms in total. The van der Waals surface area contributed by atoms with Crippen molar-refractivity contribution in [2.45, 2.75) is 58.5 Å². The van der Waals surface area contributed by atoms with Crippen LogP contribution in [0.1, 0.15) is 52.4 Å². The molecule has 0 saturated heterocycles. The molecule has 3 N–H and O–H groups in total. The number of rotatable bonds is 6. The smallest absolute Gasteiger partial charge is 0.355 e. The summed E-state index contributed by atoms with van der Waals surface area (Å²) in [4.78, 5) is 12.3. The minimum absolute atomic E-state index is 0. The SMILES string of the molecule is CCC(CC)(CN)C(=O)NCC1CCC(C(F)(F)F)CC1.Cl. The first-order valence-electron chi connectivity index (χ1n) is 7.84. The van der Waals surface area contributed by atoms with Crippen LogP contribution in [0.4, 0.5) is 13.2 Å². The molecule has 0 spiro atoms. The zero-order chi connectivity index (χ0) is 16.1. The molecule has 0 heterocycles. The topological polar surface area (TPSA) is 55.1 Å². The number of alkyl halides is 3. The number of amides is 1. The number of carbonyl (C=O) groups excluding carboxylic acids is 1. The lowest BCUT2D eigenvalue weighted by Crippen LogP contribution is -2.46. The summed E-state index contributed by atoms with van der Waals surface area (Å²) < 4.78 is 37.8. The van der Waals surface area contributed by atoms with Gasteiger partial charge in [-0.1, -0.05) is 13.8 Å². The maximum Gasteiger partial charge on any atom is 0.391 e. The molecule has 0 radical (unpaired) electrons. The van der Waals surface area contributed by atoms with Crippen LogP contribution in [-0.2, 0) is 4.79 Å². The first-order valence-corrected chi connectivity index (χ1v) is 7.84. The van der Waals surface area contributed by atoms with Crippen LogP contribution in [0, 0.1) is 17.3 Å². The normalized spacial score (nSPS) is 22.8. The Morgan fingerprint density at radius 2 is 1.64 bits per heavy atom. The number of hydrogen-bond donors (Lipinski definition) is 2. The average Bonchev–Trinajstić information content (AvgIpc) is 2.47. The Labute approximate surface area is 137 Å². The van der Waals surface area contributed by atoms with Crippen molar-refractivity contribution in [2.75, 3.05) is 13.1 Å². The van der Waals surface area contributed by atoms with Gasteiger partial charge in [0.2, 0.25) is 5.91 Å². The van der Waals surface area contributed by atoms with Gasteiger partial charge in [0.15, 0.2) is 0 Å². The minimum Gasteiger partial charge on any atom is -0.355 e. The molecular weight excluding hydrogens is 317 g/mol. The fraction of sp³-hybridized carbons (Fsp3) is 0.933. The van der Waals surface area contributed by atoms with E-state index in [9.17, 15) is 18.0 Å². The fourth-order valence-corrected chi connectivity index (χ4v) is 3.07. The molecule has 0 aromatic carbocycles. The Morgan fingerprint density at radius 3 is 2.00 bits per heavy atom. The number of nitrogens with two attached hydrogens (primary N) is 1. The van der Waals surface area contributed by atoms with Crippen molar-refractivity contribution in [3.05, 3.63) is 0 Å². The summed E-state index contributed by atoms with van der Waals surface area (Å²) in [6.07, 6.45) is -1.33. The maximum atomic E-state index is 12.6. The fourth-order valence-electron chi connectivity index (χ4n) is 3.07. The number of hydrogen-bond acceptors (Lipinski definition) is 2. The summed E-state index contributed by atoms with van der Waals surface area (Å²) in [5, 5.41) is 2.90. The number of nitrogens with one attached hydrogen (secondary N) is 1. The van der Waals surface area contributed by atoms with E-state index >= 15 is 0 Å². The molecule has 0 atom stereocenters. The zero-order valence-electron chi connectivity index (χ0n) is 13.3. The third-order valence-corrected chi connectivity index (χ3v) is 5.09. The van der Waals surface area contributed by atoms with Crippen molar-refractivity contribution in [3.8, 4) is 0 Å². The van der Waals surface area contributed by atoms with Gasteiger partial charge in [0.25, 0.3) is 0 Å². The van der Waals surface area contributed by atoms with Crippen molar-refractivity contribution >= 4 is 18.3 Å². The van der Waals surface area contributed by atoms with Gasteiger partial charge in [0, 0.05) is 13.1 Å². The van der Waals surface area contributed by atoms with E-state index in [1.54, 1.807) is 0 Å². The highest BCUT2D eigenvalue weighted by Gasteiger charge is 2.41. The van der Waals surface area contributed by atoms with Gasteiger partial charge in [0.1, 0.15) is 0 Å². The van der Waals surface area contributed by atoms with Crippen LogP contribution in [0.5, 0.6) is 0 Å². The van der Waals surface area contributed by atoms with Crippen LogP contribution in [0.3, 0.4) is 0 Å². The summed E-state index contributed by atoms with van der Waals surface area (Å²) in [5.41, 5.74) is 5.18. The summed E-state index contributed by atoms with van der Waals surface area (Å²) in [6, 6.07) is 0. The summed E-state index contributed by atoms with van der Waals surface area (Å²) in [7, 11) is 0. The molecular formula is C15H28ClF3N2O. The van der Waals surface area contributed by atoms with E-state index < -0.39 is 17.5 Å². The lowest BCUT2D eigenvalue weighted by atomic mass is 9.80. The van der Waals surface area contributed by atoms with E-state index in [1.165, 1.54) is 0 Å². The van der Waals surface area contributed by atoms with Crippen LogP contribution >= 0.6 is 12.4 Å². The van der Waals surface area contributed by atoms with Crippen LogP contribution < -0.4 is 11.1 Å². The molecule has 0 aromatic heterocycles. The molecule has 132 valence electrons. The highest BCUT2D eigenvalue weighted by atomic mass is 35.5. The first kappa shape index (κ1) is 21.5. The van der Waals surface area contributed by atoms with Gasteiger partial charge in [-0.3, -0.25) is 4.79 Å². The molecule has 1 fully saturated rings. The predicted octanol–water partition coefficient (Wildman–Crippen LogP) is 3.66. The van der Waals surface area contributed by atoms with Gasteiger partial charge in [0.05, 0.1) is 11.3 Å². The number of carbonyl (C=O) groups is 1. The highest BCUT2D eigenvalue weighted by Crippen LogP contribution is 2.39. The van der Waals surface area contributed by atoms with Crippen molar-refractivity contribution in [1.29, 1.82) is 0 Å². The zero-order valence-corrected chi connectivity index (χ0v) is 14.2. The summed E-state index contributed by atoms with van der Waals surface area (Å²) >= 11 is 0. The molecule has 7 heteroatoms. The molecule has 1 aliphatic rings. The van der Waals surface area contributed by atoms with Crippen molar-refractivity contribution < 1.29 is 18.0 Å². The Hall–Kier alpha value is -0.490. The van der Waals surface area contributed by atoms with Crippen LogP contribution in [0.2, 0.25) is 0 Å². The van der Waals surface area contributed by atoms with Crippen molar-refractivity contribution in [3.63, 3.8) is 0 Å². The van der Waals surface area contributed by atoms with Gasteiger partial charge in [-0.25, -0.2) is 0 Å². The van der Waals surface area contributed by atoms with Crippen LogP contribution in [0.15, 0.2) is 0 Å². The standard InChI is InChI=1S/C15H27F3N2O.ClH/c1-3-14(4-2,10-19)13(21)20-9-11-5-7-12(8-6-11)15(16,17)18;/h11-12H,3-10,19H2,1-2H3,(H,20,21);1H. The van der Waals surface area contributed by atoms with E-state index in [-0.39, 0.29) is 37.1 Å². The maximum absolute atomic E-state index is 12.6. The lowest BCUT2D eigenvalue weighted by Gasteiger charge is -2.32. The highest BCUT2D eigenvalue weighted by molar-refractivity contribution is 5.85. The second kappa shape index (κ2) is 8.96. The van der Waals surface area contributed by atoms with Crippen molar-refractivity contribution in [1.82, 2.24) is 5.32 Å². The molecule has 1 amide bonds. The van der Waals surface area contributed by atoms with E-state index in [0.29, 0.717) is 38.8 Å². The van der Waals surface area contributed by atoms with Crippen LogP contribution in [0.25, 0.3) is 0 Å². The Balaban J connectivity index is 0.00000441. The van der Waals surface area contributed by atoms with E-state index in [0.717, 1.165) is 0 Å². The molecule has 0 unspecified atom stereocenters. The van der Waals surface area contributed by atoms with Crippen molar-refractivity contribution in [2.24, 2.45) is 23.0 Å². The van der Waals surface area contributed by atoms with E-state index in [2.05, 4.69) is 5.32 Å². The lowest BCUT2D eigenvalue weighted by molar-refractivity contribution is -0.183. The second-order valence-electron chi connectivity index (χ2n) is 6.16. The monoisotopic (exact) mass is 344 g/mol. The van der Waals surface area contributed by atoms with E-state index in [1.807, 2.05) is 13.8 Å². The predicted molar refractivity (Wildman–Crippen MR) is 83.8 cm³/mol. The minimum atomic E-state index is -4.08. The molecule has 22 heavy (non-hydrogen) atoms. The third kappa shape index (κ3) is 5.30. The van der Waals surface area contributed by atoms with Gasteiger partial charge in [-0.05, 0) is 44.4 Å². The van der Waals surface area contributed by atoms with Gasteiger partial charge in [-0.2, -0.15) is 13.2 Å². The Bertz CT molecular complexity index is 330. The average molecular weight is 345 g/mol. The third-order valence-electron chi connectivity index (χ3n) is 5.09. The quantitative estimate of drug-likeness (QED) is 0.772. The van der Waals surface area contributed by atoms with E-state index in [4.69, 9.17) is 5.73 Å². The molecule has 0 aromatic rings. The Morgan fingerprint density at radius 1 is 1.14 bits per heavy atom. The number of halogens is 4. The first-order chi connectivity index (χ1) is 9.79. The Kier molecular flexibility index (Phi) is 8.77. The molecule has 1 aliphatic carbocycles.